The zero-order valence-corrected chi connectivity index (χ0v) is 17.3. The van der Waals surface area contributed by atoms with Crippen LogP contribution in [0.1, 0.15) is 39.4 Å². The van der Waals surface area contributed by atoms with Gasteiger partial charge in [-0.3, -0.25) is 0 Å². The molecule has 0 radical (unpaired) electrons. The van der Waals surface area contributed by atoms with Crippen molar-refractivity contribution in [2.45, 2.75) is 52.7 Å². The highest BCUT2D eigenvalue weighted by Crippen LogP contribution is 2.17. The first-order valence-corrected chi connectivity index (χ1v) is 10.4. The number of guanidine groups is 1. The number of rotatable bonds is 7. The van der Waals surface area contributed by atoms with E-state index in [-0.39, 0.29) is 0 Å². The molecule has 0 saturated carbocycles. The molecule has 1 saturated heterocycles. The van der Waals surface area contributed by atoms with Crippen LogP contribution in [0.2, 0.25) is 0 Å². The van der Waals surface area contributed by atoms with Crippen LogP contribution in [0.25, 0.3) is 0 Å². The Morgan fingerprint density at radius 1 is 1.21 bits per heavy atom. The number of hydrogen-bond donors (Lipinski definition) is 2. The number of aromatic nitrogens is 3. The molecule has 0 amide bonds. The van der Waals surface area contributed by atoms with Crippen LogP contribution >= 0.6 is 0 Å². The molecule has 3 heterocycles. The lowest BCUT2D eigenvalue weighted by Gasteiger charge is -2.33. The summed E-state index contributed by atoms with van der Waals surface area (Å²) in [6, 6.07) is 6.52. The summed E-state index contributed by atoms with van der Waals surface area (Å²) < 4.78 is 2.20. The van der Waals surface area contributed by atoms with E-state index in [1.54, 1.807) is 0 Å². The Kier molecular flexibility index (Phi) is 7.28. The van der Waals surface area contributed by atoms with Gasteiger partial charge in [0.2, 0.25) is 0 Å². The summed E-state index contributed by atoms with van der Waals surface area (Å²) in [5, 5.41) is 6.98. The van der Waals surface area contributed by atoms with Gasteiger partial charge < -0.3 is 20.1 Å². The smallest absolute Gasteiger partial charge is 0.191 e. The second-order valence-corrected chi connectivity index (χ2v) is 7.68. The van der Waals surface area contributed by atoms with Crippen LogP contribution in [0.4, 0.5) is 5.82 Å². The van der Waals surface area contributed by atoms with E-state index >= 15 is 0 Å². The number of hydrogen-bond acceptors (Lipinski definition) is 4. The Hall–Kier alpha value is -2.57. The summed E-state index contributed by atoms with van der Waals surface area (Å²) in [6.07, 6.45) is 7.91. The molecule has 1 fully saturated rings. The summed E-state index contributed by atoms with van der Waals surface area (Å²) in [4.78, 5) is 16.1. The van der Waals surface area contributed by atoms with E-state index in [4.69, 9.17) is 4.99 Å². The average molecular weight is 384 g/mol. The second-order valence-electron chi connectivity index (χ2n) is 7.68. The zero-order valence-electron chi connectivity index (χ0n) is 17.3. The van der Waals surface area contributed by atoms with E-state index in [9.17, 15) is 0 Å². The lowest BCUT2D eigenvalue weighted by Crippen LogP contribution is -2.48. The summed E-state index contributed by atoms with van der Waals surface area (Å²) in [6.45, 7) is 11.0. The Morgan fingerprint density at radius 2 is 2.04 bits per heavy atom. The van der Waals surface area contributed by atoms with Gasteiger partial charge in [-0.2, -0.15) is 0 Å². The minimum absolute atomic E-state index is 0.424. The standard InChI is InChI=1S/C21H33N7/c1-4-22-21(25-15-20-24-11-14-28(20)16-17(2)3)26-18-8-12-27(13-9-18)19-7-5-6-10-23-19/h5-7,10-11,14,17-18H,4,8-9,12-13,15-16H2,1-3H3,(H2,22,25,26). The van der Waals surface area contributed by atoms with Gasteiger partial charge in [-0.15, -0.1) is 0 Å². The van der Waals surface area contributed by atoms with Gasteiger partial charge >= 0.3 is 0 Å². The van der Waals surface area contributed by atoms with Gasteiger partial charge in [0, 0.05) is 50.8 Å². The van der Waals surface area contributed by atoms with Gasteiger partial charge in [0.15, 0.2) is 5.96 Å². The first-order chi connectivity index (χ1) is 13.7. The topological polar surface area (TPSA) is 70.4 Å². The predicted octanol–water partition coefficient (Wildman–Crippen LogP) is 2.66. The zero-order chi connectivity index (χ0) is 19.8. The van der Waals surface area contributed by atoms with E-state index in [1.165, 1.54) is 0 Å². The third-order valence-corrected chi connectivity index (χ3v) is 4.90. The van der Waals surface area contributed by atoms with Crippen LogP contribution in [0, 0.1) is 5.92 Å². The van der Waals surface area contributed by atoms with Crippen molar-refractivity contribution in [2.75, 3.05) is 24.5 Å². The van der Waals surface area contributed by atoms with Crippen molar-refractivity contribution in [3.63, 3.8) is 0 Å². The van der Waals surface area contributed by atoms with E-state index in [0.717, 1.165) is 56.6 Å². The van der Waals surface area contributed by atoms with Gasteiger partial charge in [-0.05, 0) is 37.8 Å². The van der Waals surface area contributed by atoms with Crippen LogP contribution in [0.15, 0.2) is 41.8 Å². The van der Waals surface area contributed by atoms with Crippen molar-refractivity contribution < 1.29 is 0 Å². The monoisotopic (exact) mass is 383 g/mol. The highest BCUT2D eigenvalue weighted by Gasteiger charge is 2.20. The number of nitrogens with zero attached hydrogens (tertiary/aromatic N) is 5. The van der Waals surface area contributed by atoms with E-state index in [2.05, 4.69) is 56.9 Å². The molecule has 0 unspecified atom stereocenters. The van der Waals surface area contributed by atoms with Crippen molar-refractivity contribution >= 4 is 11.8 Å². The van der Waals surface area contributed by atoms with Gasteiger partial charge in [0.05, 0.1) is 0 Å². The van der Waals surface area contributed by atoms with Crippen molar-refractivity contribution in [1.29, 1.82) is 0 Å². The Morgan fingerprint density at radius 3 is 2.71 bits per heavy atom. The van der Waals surface area contributed by atoms with Gasteiger partial charge in [0.1, 0.15) is 18.2 Å². The van der Waals surface area contributed by atoms with Crippen molar-refractivity contribution in [3.05, 3.63) is 42.6 Å². The van der Waals surface area contributed by atoms with E-state index in [1.807, 2.05) is 30.7 Å². The predicted molar refractivity (Wildman–Crippen MR) is 114 cm³/mol. The fraction of sp³-hybridized carbons (Fsp3) is 0.571. The number of anilines is 1. The molecule has 28 heavy (non-hydrogen) atoms. The molecule has 152 valence electrons. The molecule has 2 aromatic rings. The molecular weight excluding hydrogens is 350 g/mol. The summed E-state index contributed by atoms with van der Waals surface area (Å²) in [5.41, 5.74) is 0. The van der Waals surface area contributed by atoms with Crippen molar-refractivity contribution in [3.8, 4) is 0 Å². The van der Waals surface area contributed by atoms with Crippen molar-refractivity contribution in [1.82, 2.24) is 25.2 Å². The van der Waals surface area contributed by atoms with Crippen LogP contribution < -0.4 is 15.5 Å². The Labute approximate surface area is 168 Å². The molecule has 0 aromatic carbocycles. The van der Waals surface area contributed by atoms with Crippen LogP contribution in [0.5, 0.6) is 0 Å². The maximum atomic E-state index is 4.78. The highest BCUT2D eigenvalue weighted by molar-refractivity contribution is 5.80. The van der Waals surface area contributed by atoms with E-state index < -0.39 is 0 Å². The average Bonchev–Trinajstić information content (AvgIpc) is 3.14. The van der Waals surface area contributed by atoms with Crippen LogP contribution in [-0.2, 0) is 13.1 Å². The lowest BCUT2D eigenvalue weighted by molar-refractivity contribution is 0.459. The number of pyridine rings is 1. The minimum atomic E-state index is 0.424. The molecule has 2 N–H and O–H groups in total. The SMILES string of the molecule is CCNC(=NCc1nccn1CC(C)C)NC1CCN(c2ccccn2)CC1. The number of aliphatic imine (C=N–C) groups is 1. The molecule has 7 nitrogen and oxygen atoms in total. The second kappa shape index (κ2) is 10.1. The van der Waals surface area contributed by atoms with Crippen LogP contribution in [-0.4, -0.2) is 46.2 Å². The largest absolute Gasteiger partial charge is 0.357 e. The number of imidazole rings is 1. The molecule has 2 aromatic heterocycles. The Bertz CT molecular complexity index is 730. The molecule has 0 aliphatic carbocycles. The van der Waals surface area contributed by atoms with Gasteiger partial charge in [-0.25, -0.2) is 15.0 Å². The van der Waals surface area contributed by atoms with Crippen molar-refractivity contribution in [2.24, 2.45) is 10.9 Å². The molecule has 1 aliphatic heterocycles. The quantitative estimate of drug-likeness (QED) is 0.568. The minimum Gasteiger partial charge on any atom is -0.357 e. The van der Waals surface area contributed by atoms with E-state index in [0.29, 0.717) is 18.5 Å². The highest BCUT2D eigenvalue weighted by atomic mass is 15.2. The maximum absolute atomic E-state index is 4.78. The Balaban J connectivity index is 1.55. The summed E-state index contributed by atoms with van der Waals surface area (Å²) >= 11 is 0. The van der Waals surface area contributed by atoms with Gasteiger partial charge in [0.25, 0.3) is 0 Å². The molecule has 1 aliphatic rings. The fourth-order valence-electron chi connectivity index (χ4n) is 3.51. The number of piperidine rings is 1. The molecule has 7 heteroatoms. The third kappa shape index (κ3) is 5.71. The fourth-order valence-corrected chi connectivity index (χ4v) is 3.51. The molecule has 3 rings (SSSR count). The van der Waals surface area contributed by atoms with Gasteiger partial charge in [-0.1, -0.05) is 19.9 Å². The molecule has 0 bridgehead atoms. The molecule has 0 atom stereocenters. The summed E-state index contributed by atoms with van der Waals surface area (Å²) in [7, 11) is 0. The normalized spacial score (nSPS) is 15.9. The lowest BCUT2D eigenvalue weighted by atomic mass is 10.1. The summed E-state index contributed by atoms with van der Waals surface area (Å²) in [5.74, 6) is 3.54. The molecule has 0 spiro atoms. The third-order valence-electron chi connectivity index (χ3n) is 4.90. The first kappa shape index (κ1) is 20.2. The maximum Gasteiger partial charge on any atom is 0.191 e. The molecular formula is C21H33N7. The number of nitrogens with one attached hydrogen (secondary N) is 2. The van der Waals surface area contributed by atoms with Crippen LogP contribution in [0.3, 0.4) is 0 Å². The first-order valence-electron chi connectivity index (χ1n) is 10.4.